The molecular weight excluding hydrogens is 770 g/mol. The fourth-order valence-electron chi connectivity index (χ4n) is 6.93. The number of halogens is 5. The van der Waals surface area contributed by atoms with Gasteiger partial charge in [0.15, 0.2) is 0 Å². The second kappa shape index (κ2) is 17.2. The second-order valence-corrected chi connectivity index (χ2v) is 21.2. The molecule has 1 saturated carbocycles. The van der Waals surface area contributed by atoms with Gasteiger partial charge < -0.3 is 15.3 Å². The van der Waals surface area contributed by atoms with E-state index in [1.54, 1.807) is 6.08 Å². The normalized spacial score (nSPS) is 23.4. The molecule has 4 rings (SSSR count). The molecule has 2 unspecified atom stereocenters. The summed E-state index contributed by atoms with van der Waals surface area (Å²) >= 11 is 6.01. The SMILES string of the molecule is CCC(C1=CCC(C(=O)NCCC(=O)O)C=C1)N1C(=O)C(c2cc(Cl)cc(CC(F)(F)F)c2)=NC12CCC(C(C)(C)CC)CC2.CI(C)C. The van der Waals surface area contributed by atoms with E-state index in [4.69, 9.17) is 21.7 Å². The number of aliphatic carboxylic acids is 1. The van der Waals surface area contributed by atoms with Gasteiger partial charge in [-0.2, -0.15) is 13.2 Å². The number of benzene rings is 1. The summed E-state index contributed by atoms with van der Waals surface area (Å²) in [5, 5.41) is 11.6. The third-order valence-electron chi connectivity index (χ3n) is 9.81. The van der Waals surface area contributed by atoms with Crippen molar-refractivity contribution < 1.29 is 32.7 Å². The molecule has 49 heavy (non-hydrogen) atoms. The van der Waals surface area contributed by atoms with Crippen molar-refractivity contribution >= 4 is 54.9 Å². The molecule has 0 saturated heterocycles. The van der Waals surface area contributed by atoms with E-state index in [0.29, 0.717) is 31.6 Å². The van der Waals surface area contributed by atoms with E-state index < -0.39 is 30.1 Å². The van der Waals surface area contributed by atoms with E-state index in [2.05, 4.69) is 40.9 Å². The van der Waals surface area contributed by atoms with Crippen LogP contribution in [0.1, 0.15) is 90.2 Å². The predicted molar refractivity (Wildman–Crippen MR) is 200 cm³/mol. The Bertz CT molecular complexity index is 1450. The number of nitrogens with zero attached hydrogens (tertiary/aromatic N) is 2. The number of hydrogen-bond acceptors (Lipinski definition) is 4. The Morgan fingerprint density at radius 1 is 1.14 bits per heavy atom. The molecule has 1 heterocycles. The predicted octanol–water partition coefficient (Wildman–Crippen LogP) is 8.65. The molecule has 0 radical (unpaired) electrons. The zero-order valence-electron chi connectivity index (χ0n) is 29.7. The number of amides is 2. The van der Waals surface area contributed by atoms with Gasteiger partial charge >= 0.3 is 46.8 Å². The fraction of sp³-hybridized carbons (Fsp3) is 0.622. The number of nitrogens with one attached hydrogen (secondary N) is 1. The maximum absolute atomic E-state index is 14.4. The van der Waals surface area contributed by atoms with Gasteiger partial charge in [-0.3, -0.25) is 19.4 Å². The van der Waals surface area contributed by atoms with Gasteiger partial charge in [0.2, 0.25) is 5.91 Å². The van der Waals surface area contributed by atoms with Crippen LogP contribution in [0.25, 0.3) is 0 Å². The molecule has 1 spiro atoms. The van der Waals surface area contributed by atoms with E-state index in [1.165, 1.54) is 18.2 Å². The van der Waals surface area contributed by atoms with Crippen molar-refractivity contribution in [1.29, 1.82) is 0 Å². The summed E-state index contributed by atoms with van der Waals surface area (Å²) in [6.45, 7) is 8.73. The molecule has 0 aromatic heterocycles. The number of carboxylic acid groups (broad SMARTS) is 1. The van der Waals surface area contributed by atoms with Crippen LogP contribution < -0.4 is 5.32 Å². The van der Waals surface area contributed by atoms with Crippen molar-refractivity contribution in [2.24, 2.45) is 22.2 Å². The Balaban J connectivity index is 0.00000154. The fourth-order valence-corrected chi connectivity index (χ4v) is 7.18. The maximum atomic E-state index is 14.4. The summed E-state index contributed by atoms with van der Waals surface area (Å²) in [6.07, 6.45) is 4.80. The average molecular weight is 822 g/mol. The molecule has 274 valence electrons. The van der Waals surface area contributed by atoms with E-state index in [9.17, 15) is 27.6 Å². The minimum absolute atomic E-state index is 0.0287. The number of rotatable bonds is 11. The summed E-state index contributed by atoms with van der Waals surface area (Å²) < 4.78 is 39.9. The second-order valence-electron chi connectivity index (χ2n) is 14.3. The first-order chi connectivity index (χ1) is 22.8. The zero-order valence-corrected chi connectivity index (χ0v) is 32.6. The van der Waals surface area contributed by atoms with Gasteiger partial charge in [-0.1, -0.05) is 63.9 Å². The van der Waals surface area contributed by atoms with E-state index >= 15 is 0 Å². The van der Waals surface area contributed by atoms with Crippen LogP contribution >= 0.6 is 31.4 Å². The monoisotopic (exact) mass is 821 g/mol. The molecule has 12 heteroatoms. The van der Waals surface area contributed by atoms with Crippen LogP contribution in [0.2, 0.25) is 5.02 Å². The molecular formula is C37H52ClF3IN3O4. The number of carboxylic acids is 1. The molecule has 1 aromatic rings. The van der Waals surface area contributed by atoms with E-state index in [0.717, 1.165) is 24.8 Å². The van der Waals surface area contributed by atoms with E-state index in [1.807, 2.05) is 24.0 Å². The number of carbonyl (C=O) groups excluding carboxylic acids is 2. The molecule has 7 nitrogen and oxygen atoms in total. The molecule has 2 N–H and O–H groups in total. The van der Waals surface area contributed by atoms with Gasteiger partial charge in [-0.05, 0) is 79.2 Å². The van der Waals surface area contributed by atoms with Crippen molar-refractivity contribution in [3.8, 4) is 0 Å². The third-order valence-corrected chi connectivity index (χ3v) is 10.0. The number of alkyl halides is 6. The molecule has 1 fully saturated rings. The topological polar surface area (TPSA) is 99.1 Å². The summed E-state index contributed by atoms with van der Waals surface area (Å²) in [5.41, 5.74) is 0.532. The Kier molecular flexibility index (Phi) is 14.4. The summed E-state index contributed by atoms with van der Waals surface area (Å²) in [6, 6.07) is 3.78. The van der Waals surface area contributed by atoms with Gasteiger partial charge in [0.1, 0.15) is 11.4 Å². The molecule has 2 aliphatic carbocycles. The quantitative estimate of drug-likeness (QED) is 0.173. The van der Waals surface area contributed by atoms with Crippen LogP contribution in [0.3, 0.4) is 0 Å². The van der Waals surface area contributed by atoms with Crippen LogP contribution in [-0.4, -0.2) is 72.7 Å². The first-order valence-corrected chi connectivity index (χ1v) is 23.8. The van der Waals surface area contributed by atoms with Crippen molar-refractivity contribution in [1.82, 2.24) is 10.2 Å². The summed E-state index contributed by atoms with van der Waals surface area (Å²) in [5.74, 6) is -1.60. The number of carbonyl (C=O) groups is 3. The number of hydrogen-bond donors (Lipinski definition) is 2. The Morgan fingerprint density at radius 3 is 2.29 bits per heavy atom. The van der Waals surface area contributed by atoms with Gasteiger partial charge in [0, 0.05) is 17.1 Å². The first kappa shape index (κ1) is 41.0. The Hall–Kier alpha value is -2.41. The van der Waals surface area contributed by atoms with Crippen LogP contribution in [0.4, 0.5) is 13.2 Å². The van der Waals surface area contributed by atoms with Crippen molar-refractivity contribution in [3.63, 3.8) is 0 Å². The zero-order chi connectivity index (χ0) is 36.7. The van der Waals surface area contributed by atoms with Gasteiger partial charge in [-0.15, -0.1) is 0 Å². The molecule has 0 bridgehead atoms. The summed E-state index contributed by atoms with van der Waals surface area (Å²) in [4.78, 5) is 51.7. The van der Waals surface area contributed by atoms with Crippen LogP contribution in [0.15, 0.2) is 47.0 Å². The average Bonchev–Trinajstić information content (AvgIpc) is 3.27. The third kappa shape index (κ3) is 11.0. The first-order valence-electron chi connectivity index (χ1n) is 16.9. The molecule has 3 aliphatic rings. The summed E-state index contributed by atoms with van der Waals surface area (Å²) in [7, 11) is 0. The van der Waals surface area contributed by atoms with E-state index in [-0.39, 0.29) is 77.9 Å². The van der Waals surface area contributed by atoms with Crippen LogP contribution in [-0.2, 0) is 20.8 Å². The standard InChI is InChI=1S/C34H43ClF3N3O4.C3H9I/c1-5-27(22-7-9-23(10-8-22)30(44)39-16-13-28(42)43)41-31(45)29(24-17-21(18-26(35)19-24)20-34(36,37)38)40-33(41)14-11-25(12-15-33)32(3,4)6-2;1-4(2)3/h7-9,17-19,23,25,27H,5-6,10-16,20H2,1-4H3,(H,39,44)(H,42,43);1-3H3. The van der Waals surface area contributed by atoms with Crippen molar-refractivity contribution in [3.05, 3.63) is 58.1 Å². The van der Waals surface area contributed by atoms with Gasteiger partial charge in [0.05, 0.1) is 24.8 Å². The molecule has 2 amide bonds. The Morgan fingerprint density at radius 2 is 1.78 bits per heavy atom. The van der Waals surface area contributed by atoms with Gasteiger partial charge in [-0.25, -0.2) is 0 Å². The molecule has 1 aromatic carbocycles. The number of allylic oxidation sites excluding steroid dienone is 1. The van der Waals surface area contributed by atoms with Gasteiger partial charge in [0.25, 0.3) is 5.91 Å². The molecule has 2 atom stereocenters. The van der Waals surface area contributed by atoms with Crippen LogP contribution in [0.5, 0.6) is 0 Å². The minimum atomic E-state index is -4.43. The molecule has 1 aliphatic heterocycles. The van der Waals surface area contributed by atoms with Crippen molar-refractivity contribution in [2.45, 2.75) is 103 Å². The van der Waals surface area contributed by atoms with Crippen LogP contribution in [0, 0.1) is 17.3 Å². The van der Waals surface area contributed by atoms with Crippen molar-refractivity contribution in [2.75, 3.05) is 21.3 Å². The number of aliphatic imine (C=N–C) groups is 1. The Labute approximate surface area is 301 Å².